The van der Waals surface area contributed by atoms with Gasteiger partial charge in [0, 0.05) is 11.4 Å². The standard InChI is InChI=1S/C12H14ClN3O/c1-2-10(14)12-15-11(16-17-12)7-8-3-5-9(13)6-4-8/h3-6,10H,2,7,14H2,1H3/t10-/m1/s1. The van der Waals surface area contributed by atoms with E-state index in [2.05, 4.69) is 10.1 Å². The van der Waals surface area contributed by atoms with Gasteiger partial charge in [-0.2, -0.15) is 4.98 Å². The van der Waals surface area contributed by atoms with E-state index >= 15 is 0 Å². The van der Waals surface area contributed by atoms with Crippen molar-refractivity contribution in [2.75, 3.05) is 0 Å². The highest BCUT2D eigenvalue weighted by molar-refractivity contribution is 6.30. The number of halogens is 1. The van der Waals surface area contributed by atoms with Crippen molar-refractivity contribution in [1.82, 2.24) is 10.1 Å². The second kappa shape index (κ2) is 5.29. The molecule has 0 spiro atoms. The molecule has 0 radical (unpaired) electrons. The predicted octanol–water partition coefficient (Wildman–Crippen LogP) is 2.72. The van der Waals surface area contributed by atoms with Crippen molar-refractivity contribution in [2.45, 2.75) is 25.8 Å². The fraction of sp³-hybridized carbons (Fsp3) is 0.333. The molecular weight excluding hydrogens is 238 g/mol. The Kier molecular flexibility index (Phi) is 3.76. The monoisotopic (exact) mass is 251 g/mol. The average molecular weight is 252 g/mol. The van der Waals surface area contributed by atoms with Gasteiger partial charge >= 0.3 is 0 Å². The average Bonchev–Trinajstić information content (AvgIpc) is 2.80. The van der Waals surface area contributed by atoms with Crippen LogP contribution < -0.4 is 5.73 Å². The summed E-state index contributed by atoms with van der Waals surface area (Å²) < 4.78 is 5.10. The first kappa shape index (κ1) is 12.1. The lowest BCUT2D eigenvalue weighted by Gasteiger charge is -1.99. The molecule has 0 bridgehead atoms. The summed E-state index contributed by atoms with van der Waals surface area (Å²) in [5, 5.41) is 4.62. The van der Waals surface area contributed by atoms with Gasteiger partial charge in [-0.25, -0.2) is 0 Å². The van der Waals surface area contributed by atoms with Gasteiger partial charge in [-0.15, -0.1) is 0 Å². The van der Waals surface area contributed by atoms with E-state index in [9.17, 15) is 0 Å². The molecule has 5 heteroatoms. The number of rotatable bonds is 4. The van der Waals surface area contributed by atoms with E-state index in [1.54, 1.807) is 0 Å². The smallest absolute Gasteiger partial charge is 0.243 e. The van der Waals surface area contributed by atoms with Crippen LogP contribution in [-0.2, 0) is 6.42 Å². The molecule has 0 saturated carbocycles. The maximum atomic E-state index is 5.81. The van der Waals surface area contributed by atoms with Gasteiger partial charge in [0.15, 0.2) is 5.82 Å². The largest absolute Gasteiger partial charge is 0.338 e. The van der Waals surface area contributed by atoms with Crippen LogP contribution in [-0.4, -0.2) is 10.1 Å². The topological polar surface area (TPSA) is 64.9 Å². The van der Waals surface area contributed by atoms with E-state index in [4.69, 9.17) is 21.9 Å². The van der Waals surface area contributed by atoms with Crippen LogP contribution in [0, 0.1) is 0 Å². The molecule has 0 saturated heterocycles. The molecule has 1 heterocycles. The van der Waals surface area contributed by atoms with Gasteiger partial charge in [0.25, 0.3) is 0 Å². The molecule has 17 heavy (non-hydrogen) atoms. The van der Waals surface area contributed by atoms with Crippen LogP contribution in [0.3, 0.4) is 0 Å². The third kappa shape index (κ3) is 3.05. The first-order chi connectivity index (χ1) is 8.19. The first-order valence-electron chi connectivity index (χ1n) is 5.51. The normalized spacial score (nSPS) is 12.6. The summed E-state index contributed by atoms with van der Waals surface area (Å²) in [5.41, 5.74) is 6.90. The molecule has 2 rings (SSSR count). The molecule has 0 fully saturated rings. The highest BCUT2D eigenvalue weighted by atomic mass is 35.5. The molecule has 2 aromatic rings. The second-order valence-electron chi connectivity index (χ2n) is 3.87. The van der Waals surface area contributed by atoms with Crippen LogP contribution in [0.5, 0.6) is 0 Å². The van der Waals surface area contributed by atoms with Crippen molar-refractivity contribution in [3.05, 3.63) is 46.6 Å². The van der Waals surface area contributed by atoms with Crippen LogP contribution >= 0.6 is 11.6 Å². The first-order valence-corrected chi connectivity index (χ1v) is 5.89. The van der Waals surface area contributed by atoms with Crippen molar-refractivity contribution in [1.29, 1.82) is 0 Å². The van der Waals surface area contributed by atoms with E-state index in [1.165, 1.54) is 0 Å². The zero-order chi connectivity index (χ0) is 12.3. The van der Waals surface area contributed by atoms with Gasteiger partial charge in [0.1, 0.15) is 0 Å². The minimum Gasteiger partial charge on any atom is -0.338 e. The number of nitrogens with two attached hydrogens (primary N) is 1. The maximum absolute atomic E-state index is 5.81. The van der Waals surface area contributed by atoms with Crippen LogP contribution in [0.1, 0.15) is 36.7 Å². The Bertz CT molecular complexity index is 481. The molecule has 1 aromatic heterocycles. The van der Waals surface area contributed by atoms with E-state index in [0.29, 0.717) is 18.1 Å². The van der Waals surface area contributed by atoms with Gasteiger partial charge in [0.05, 0.1) is 6.04 Å². The van der Waals surface area contributed by atoms with Crippen LogP contribution in [0.4, 0.5) is 0 Å². The number of hydrogen-bond acceptors (Lipinski definition) is 4. The van der Waals surface area contributed by atoms with E-state index < -0.39 is 0 Å². The van der Waals surface area contributed by atoms with Gasteiger partial charge < -0.3 is 10.3 Å². The van der Waals surface area contributed by atoms with Crippen molar-refractivity contribution >= 4 is 11.6 Å². The van der Waals surface area contributed by atoms with Crippen molar-refractivity contribution in [2.24, 2.45) is 5.73 Å². The Hall–Kier alpha value is -1.39. The van der Waals surface area contributed by atoms with Gasteiger partial charge in [-0.05, 0) is 24.1 Å². The zero-order valence-electron chi connectivity index (χ0n) is 9.56. The van der Waals surface area contributed by atoms with E-state index in [0.717, 1.165) is 17.0 Å². The lowest BCUT2D eigenvalue weighted by atomic mass is 10.1. The molecule has 2 N–H and O–H groups in total. The lowest BCUT2D eigenvalue weighted by molar-refractivity contribution is 0.348. The van der Waals surface area contributed by atoms with Gasteiger partial charge in [0.2, 0.25) is 5.89 Å². The zero-order valence-corrected chi connectivity index (χ0v) is 10.3. The maximum Gasteiger partial charge on any atom is 0.243 e. The Morgan fingerprint density at radius 2 is 2.06 bits per heavy atom. The van der Waals surface area contributed by atoms with Crippen molar-refractivity contribution in [3.8, 4) is 0 Å². The summed E-state index contributed by atoms with van der Waals surface area (Å²) in [6.45, 7) is 1.98. The van der Waals surface area contributed by atoms with Gasteiger partial charge in [-0.3, -0.25) is 0 Å². The summed E-state index contributed by atoms with van der Waals surface area (Å²) in [6, 6.07) is 7.39. The van der Waals surface area contributed by atoms with E-state index in [-0.39, 0.29) is 6.04 Å². The number of benzene rings is 1. The minimum absolute atomic E-state index is 0.179. The molecule has 0 amide bonds. The third-order valence-electron chi connectivity index (χ3n) is 2.52. The summed E-state index contributed by atoms with van der Waals surface area (Å²) in [6.07, 6.45) is 1.40. The Balaban J connectivity index is 2.08. The summed E-state index contributed by atoms with van der Waals surface area (Å²) in [7, 11) is 0. The fourth-order valence-corrected chi connectivity index (χ4v) is 1.58. The van der Waals surface area contributed by atoms with Crippen molar-refractivity contribution in [3.63, 3.8) is 0 Å². The molecule has 0 aliphatic heterocycles. The molecule has 4 nitrogen and oxygen atoms in total. The second-order valence-corrected chi connectivity index (χ2v) is 4.30. The number of nitrogens with zero attached hydrogens (tertiary/aromatic N) is 2. The van der Waals surface area contributed by atoms with Crippen LogP contribution in [0.25, 0.3) is 0 Å². The molecule has 90 valence electrons. The molecule has 0 aliphatic rings. The fourth-order valence-electron chi connectivity index (χ4n) is 1.45. The number of hydrogen-bond donors (Lipinski definition) is 1. The van der Waals surface area contributed by atoms with Crippen LogP contribution in [0.2, 0.25) is 5.02 Å². The Morgan fingerprint density at radius 3 is 2.71 bits per heavy atom. The highest BCUT2D eigenvalue weighted by Gasteiger charge is 2.12. The molecule has 0 aliphatic carbocycles. The van der Waals surface area contributed by atoms with E-state index in [1.807, 2.05) is 31.2 Å². The number of aromatic nitrogens is 2. The Morgan fingerprint density at radius 1 is 1.35 bits per heavy atom. The molecular formula is C12H14ClN3O. The highest BCUT2D eigenvalue weighted by Crippen LogP contribution is 2.14. The van der Waals surface area contributed by atoms with Crippen molar-refractivity contribution < 1.29 is 4.52 Å². The summed E-state index contributed by atoms with van der Waals surface area (Å²) in [4.78, 5) is 4.26. The third-order valence-corrected chi connectivity index (χ3v) is 2.77. The molecule has 1 aromatic carbocycles. The molecule has 0 unspecified atom stereocenters. The lowest BCUT2D eigenvalue weighted by Crippen LogP contribution is -2.08. The van der Waals surface area contributed by atoms with Gasteiger partial charge in [-0.1, -0.05) is 35.8 Å². The predicted molar refractivity (Wildman–Crippen MR) is 65.8 cm³/mol. The summed E-state index contributed by atoms with van der Waals surface area (Å²) in [5.74, 6) is 1.14. The minimum atomic E-state index is -0.179. The SMILES string of the molecule is CC[C@@H](N)c1nc(Cc2ccc(Cl)cc2)no1. The van der Waals surface area contributed by atoms with Crippen LogP contribution in [0.15, 0.2) is 28.8 Å². The molecule has 1 atom stereocenters. The quantitative estimate of drug-likeness (QED) is 0.907. The Labute approximate surface area is 105 Å². The summed E-state index contributed by atoms with van der Waals surface area (Å²) >= 11 is 5.81.